The van der Waals surface area contributed by atoms with E-state index >= 15 is 0 Å². The summed E-state index contributed by atoms with van der Waals surface area (Å²) < 4.78 is 17.7. The van der Waals surface area contributed by atoms with Crippen LogP contribution in [0.1, 0.15) is 5.56 Å². The number of methoxy groups -OCH3 is 1. The van der Waals surface area contributed by atoms with Crippen LogP contribution in [0.2, 0.25) is 0 Å². The topological polar surface area (TPSA) is 33.0 Å². The van der Waals surface area contributed by atoms with Crippen LogP contribution in [-0.4, -0.2) is 7.11 Å². The average Bonchev–Trinajstić information content (AvgIpc) is 2.01. The third kappa shape index (κ3) is 1.90. The van der Waals surface area contributed by atoms with Crippen LogP contribution in [0.4, 0.5) is 10.1 Å². The summed E-state index contributed by atoms with van der Waals surface area (Å²) >= 11 is 0. The fraction of sp³-hybridized carbons (Fsp3) is 0.250. The fourth-order valence-electron chi connectivity index (χ4n) is 0.818. The van der Waals surface area contributed by atoms with Crippen LogP contribution in [0.3, 0.4) is 0 Å². The number of hydrogen-bond donors (Lipinski definition) is 0. The molecule has 1 aromatic carbocycles. The second-order valence-corrected chi connectivity index (χ2v) is 2.25. The first kappa shape index (κ1) is 11.3. The molecule has 1 rings (SSSR count). The van der Waals surface area contributed by atoms with E-state index in [1.54, 1.807) is 6.92 Å². The van der Waals surface area contributed by atoms with Crippen LogP contribution in [-0.2, 0) is 17.1 Å². The minimum Gasteiger partial charge on any atom is -0.698 e. The van der Waals surface area contributed by atoms with Crippen molar-refractivity contribution in [2.45, 2.75) is 6.92 Å². The monoisotopic (exact) mass is 210 g/mol. The van der Waals surface area contributed by atoms with Crippen molar-refractivity contribution in [2.24, 2.45) is 0 Å². The molecule has 0 bridgehead atoms. The quantitative estimate of drug-likeness (QED) is 0.656. The first-order chi connectivity index (χ1) is 5.16. The van der Waals surface area contributed by atoms with Gasteiger partial charge in [-0.3, -0.25) is 0 Å². The largest absolute Gasteiger partial charge is 0.698 e. The molecule has 0 aromatic heterocycles. The second-order valence-electron chi connectivity index (χ2n) is 2.25. The summed E-state index contributed by atoms with van der Waals surface area (Å²) in [5.74, 6) is -0.251. The molecule has 1 aromatic rings. The first-order valence-electron chi connectivity index (χ1n) is 3.21. The zero-order valence-corrected chi connectivity index (χ0v) is 7.90. The van der Waals surface area contributed by atoms with E-state index in [0.29, 0.717) is 5.56 Å². The van der Waals surface area contributed by atoms with Gasteiger partial charge in [-0.2, -0.15) is 0 Å². The minimum atomic E-state index is -0.444. The van der Waals surface area contributed by atoms with Crippen molar-refractivity contribution in [3.8, 4) is 5.75 Å². The molecule has 0 saturated heterocycles. The van der Waals surface area contributed by atoms with Gasteiger partial charge in [-0.15, -0.1) is 5.69 Å². The van der Waals surface area contributed by atoms with E-state index in [9.17, 15) is 4.39 Å². The molecule has 68 valence electrons. The summed E-state index contributed by atoms with van der Waals surface area (Å²) in [6.07, 6.45) is 0. The summed E-state index contributed by atoms with van der Waals surface area (Å²) in [6.45, 7) is 1.56. The predicted molar refractivity (Wildman–Crippen MR) is 41.7 cm³/mol. The van der Waals surface area contributed by atoms with Crippen LogP contribution >= 0.6 is 0 Å². The molecule has 0 aliphatic heterocycles. The smallest absolute Gasteiger partial charge is 0.166 e. The number of halogens is 1. The van der Waals surface area contributed by atoms with Gasteiger partial charge in [0.25, 0.3) is 0 Å². The van der Waals surface area contributed by atoms with Gasteiger partial charge >= 0.3 is 0 Å². The Balaban J connectivity index is 0.00000121. The SMILES string of the molecule is COc1ccc([NH-])c(C)c1F.[Fe]. The number of benzene rings is 1. The third-order valence-corrected chi connectivity index (χ3v) is 1.57. The maximum atomic E-state index is 13.0. The van der Waals surface area contributed by atoms with Crippen molar-refractivity contribution in [3.63, 3.8) is 0 Å². The van der Waals surface area contributed by atoms with Crippen LogP contribution < -0.4 is 4.74 Å². The minimum absolute atomic E-state index is 0. The van der Waals surface area contributed by atoms with Crippen molar-refractivity contribution in [3.05, 3.63) is 29.2 Å². The number of rotatable bonds is 1. The predicted octanol–water partition coefficient (Wildman–Crippen LogP) is 2.82. The molecule has 4 heteroatoms. The molecule has 0 spiro atoms. The van der Waals surface area contributed by atoms with E-state index in [2.05, 4.69) is 0 Å². The Kier molecular flexibility index (Phi) is 4.07. The maximum Gasteiger partial charge on any atom is 0.166 e. The van der Waals surface area contributed by atoms with E-state index in [-0.39, 0.29) is 28.5 Å². The average molecular weight is 210 g/mol. The molecule has 0 heterocycles. The molecular formula is C8H9FFeNO-. The van der Waals surface area contributed by atoms with Crippen molar-refractivity contribution in [2.75, 3.05) is 7.11 Å². The summed E-state index contributed by atoms with van der Waals surface area (Å²) in [6, 6.07) is 2.96. The van der Waals surface area contributed by atoms with Gasteiger partial charge in [0.15, 0.2) is 11.6 Å². The molecule has 0 unspecified atom stereocenters. The van der Waals surface area contributed by atoms with Gasteiger partial charge in [0.2, 0.25) is 0 Å². The van der Waals surface area contributed by atoms with Crippen molar-refractivity contribution in [1.82, 2.24) is 0 Å². The molecule has 0 atom stereocenters. The third-order valence-electron chi connectivity index (χ3n) is 1.57. The van der Waals surface area contributed by atoms with Gasteiger partial charge in [-0.05, 0) is 18.6 Å². The van der Waals surface area contributed by atoms with E-state index in [1.807, 2.05) is 0 Å². The van der Waals surface area contributed by atoms with E-state index in [0.717, 1.165) is 0 Å². The second kappa shape index (κ2) is 4.33. The zero-order chi connectivity index (χ0) is 8.43. The molecular weight excluding hydrogens is 201 g/mol. The van der Waals surface area contributed by atoms with E-state index in [4.69, 9.17) is 10.5 Å². The Labute approximate surface area is 81.4 Å². The van der Waals surface area contributed by atoms with Crippen LogP contribution in [0.5, 0.6) is 5.75 Å². The Morgan fingerprint density at radius 2 is 2.00 bits per heavy atom. The van der Waals surface area contributed by atoms with Crippen molar-refractivity contribution in [1.29, 1.82) is 0 Å². The van der Waals surface area contributed by atoms with Crippen molar-refractivity contribution < 1.29 is 26.2 Å². The van der Waals surface area contributed by atoms with E-state index < -0.39 is 5.82 Å². The molecule has 0 fully saturated rings. The number of ether oxygens (including phenoxy) is 1. The molecule has 0 radical (unpaired) electrons. The normalized spacial score (nSPS) is 8.92. The van der Waals surface area contributed by atoms with E-state index in [1.165, 1.54) is 19.2 Å². The molecule has 0 saturated carbocycles. The van der Waals surface area contributed by atoms with Gasteiger partial charge in [-0.1, -0.05) is 6.07 Å². The van der Waals surface area contributed by atoms with Crippen LogP contribution in [0.25, 0.3) is 5.73 Å². The summed E-state index contributed by atoms with van der Waals surface area (Å²) in [5, 5.41) is 0. The fourth-order valence-corrected chi connectivity index (χ4v) is 0.818. The Bertz CT molecular complexity index is 278. The Morgan fingerprint density at radius 3 is 2.50 bits per heavy atom. The maximum absolute atomic E-state index is 13.0. The number of hydrogen-bond acceptors (Lipinski definition) is 1. The van der Waals surface area contributed by atoms with Gasteiger partial charge in [-0.25, -0.2) is 4.39 Å². The van der Waals surface area contributed by atoms with Gasteiger partial charge in [0, 0.05) is 17.1 Å². The van der Waals surface area contributed by atoms with Gasteiger partial charge in [0.1, 0.15) is 0 Å². The van der Waals surface area contributed by atoms with Crippen LogP contribution in [0.15, 0.2) is 12.1 Å². The molecule has 2 nitrogen and oxygen atoms in total. The molecule has 0 aliphatic carbocycles. The molecule has 0 amide bonds. The van der Waals surface area contributed by atoms with Crippen LogP contribution in [0, 0.1) is 12.7 Å². The summed E-state index contributed by atoms with van der Waals surface area (Å²) in [7, 11) is 1.40. The molecule has 0 aliphatic rings. The summed E-state index contributed by atoms with van der Waals surface area (Å²) in [5.41, 5.74) is 7.76. The molecule has 12 heavy (non-hydrogen) atoms. The molecule has 1 N–H and O–H groups in total. The standard InChI is InChI=1S/C8H9FNO.Fe/c1-5-6(10)3-4-7(11-2)8(5)9;/h3-4,10H,1-2H3;/q-1;. The zero-order valence-electron chi connectivity index (χ0n) is 6.79. The summed E-state index contributed by atoms with van der Waals surface area (Å²) in [4.78, 5) is 0. The van der Waals surface area contributed by atoms with Gasteiger partial charge in [0.05, 0.1) is 7.11 Å². The van der Waals surface area contributed by atoms with Gasteiger partial charge < -0.3 is 10.5 Å². The Morgan fingerprint density at radius 1 is 1.42 bits per heavy atom. The van der Waals surface area contributed by atoms with Crippen molar-refractivity contribution >= 4 is 5.69 Å². The number of nitrogens with one attached hydrogen (secondary N) is 1. The Hall–Kier alpha value is -0.731. The first-order valence-corrected chi connectivity index (χ1v) is 3.21.